The van der Waals surface area contributed by atoms with Crippen molar-refractivity contribution in [2.75, 3.05) is 26.9 Å². The highest BCUT2D eigenvalue weighted by Crippen LogP contribution is 2.27. The first-order valence-electron chi connectivity index (χ1n) is 8.89. The van der Waals surface area contributed by atoms with Crippen molar-refractivity contribution in [3.63, 3.8) is 0 Å². The van der Waals surface area contributed by atoms with Gasteiger partial charge in [0.2, 0.25) is 5.91 Å². The predicted molar refractivity (Wildman–Crippen MR) is 99.1 cm³/mol. The molecule has 0 spiro atoms. The molecule has 5 nitrogen and oxygen atoms in total. The summed E-state index contributed by atoms with van der Waals surface area (Å²) < 4.78 is 0. The van der Waals surface area contributed by atoms with Gasteiger partial charge in [-0.25, -0.2) is 4.99 Å². The van der Waals surface area contributed by atoms with Gasteiger partial charge in [-0.2, -0.15) is 11.8 Å². The number of aliphatic imine (C=N–C) groups is 1. The number of nitrogens with one attached hydrogen (secondary N) is 2. The molecule has 2 aliphatic rings. The van der Waals surface area contributed by atoms with Gasteiger partial charge in [0, 0.05) is 31.4 Å². The fraction of sp³-hybridized carbons (Fsp3) is 0.882. The van der Waals surface area contributed by atoms with E-state index < -0.39 is 0 Å². The first-order valence-corrected chi connectivity index (χ1v) is 10.2. The monoisotopic (exact) mass is 340 g/mol. The van der Waals surface area contributed by atoms with Gasteiger partial charge in [0.15, 0.2) is 5.96 Å². The molecule has 0 aromatic carbocycles. The number of hydrogen-bond acceptors (Lipinski definition) is 3. The van der Waals surface area contributed by atoms with Crippen molar-refractivity contribution in [3.05, 3.63) is 0 Å². The zero-order chi connectivity index (χ0) is 16.7. The van der Waals surface area contributed by atoms with E-state index >= 15 is 0 Å². The molecule has 23 heavy (non-hydrogen) atoms. The molecule has 2 rings (SSSR count). The summed E-state index contributed by atoms with van der Waals surface area (Å²) in [6.07, 6.45) is 12.2. The lowest BCUT2D eigenvalue weighted by Gasteiger charge is -2.30. The van der Waals surface area contributed by atoms with Gasteiger partial charge in [0.1, 0.15) is 6.54 Å². The van der Waals surface area contributed by atoms with Crippen LogP contribution in [0.2, 0.25) is 0 Å². The van der Waals surface area contributed by atoms with Crippen molar-refractivity contribution < 1.29 is 4.79 Å². The van der Waals surface area contributed by atoms with E-state index in [0.717, 1.165) is 11.2 Å². The molecular weight excluding hydrogens is 308 g/mol. The summed E-state index contributed by atoms with van der Waals surface area (Å²) in [6, 6.07) is 0.985. The third-order valence-electron chi connectivity index (χ3n) is 4.87. The number of rotatable bonds is 5. The molecule has 1 amide bonds. The summed E-state index contributed by atoms with van der Waals surface area (Å²) in [6.45, 7) is 0.216. The number of hydrogen-bond donors (Lipinski definition) is 2. The standard InChI is InChI=1S/C17H32N4OS/c1-21(2)16(22)12-18-17(19-13-7-4-5-8-13)20-14-9-6-10-15(11-14)23-3/h13-15H,4-12H2,1-3H3,(H2,18,19,20). The quantitative estimate of drug-likeness (QED) is 0.595. The van der Waals surface area contributed by atoms with Crippen molar-refractivity contribution in [1.82, 2.24) is 15.5 Å². The number of likely N-dealkylation sites (N-methyl/N-ethyl adjacent to an activating group) is 1. The molecule has 6 heteroatoms. The number of guanidine groups is 1. The second-order valence-corrected chi connectivity index (χ2v) is 8.08. The normalized spacial score (nSPS) is 26.1. The molecule has 2 aliphatic carbocycles. The second-order valence-electron chi connectivity index (χ2n) is 6.94. The summed E-state index contributed by atoms with van der Waals surface area (Å²) in [7, 11) is 3.55. The Labute approximate surface area is 145 Å². The van der Waals surface area contributed by atoms with Crippen molar-refractivity contribution >= 4 is 23.6 Å². The summed E-state index contributed by atoms with van der Waals surface area (Å²) in [5.74, 6) is 0.877. The van der Waals surface area contributed by atoms with Crippen LogP contribution in [0, 0.1) is 0 Å². The second kappa shape index (κ2) is 9.40. The van der Waals surface area contributed by atoms with Crippen LogP contribution in [0.1, 0.15) is 51.4 Å². The number of nitrogens with zero attached hydrogens (tertiary/aromatic N) is 2. The van der Waals surface area contributed by atoms with Gasteiger partial charge in [0.25, 0.3) is 0 Å². The van der Waals surface area contributed by atoms with E-state index in [1.807, 2.05) is 11.8 Å². The first kappa shape index (κ1) is 18.4. The maximum atomic E-state index is 11.8. The molecule has 0 radical (unpaired) electrons. The Morgan fingerprint density at radius 3 is 2.39 bits per heavy atom. The lowest BCUT2D eigenvalue weighted by Crippen LogP contribution is -2.48. The Morgan fingerprint density at radius 2 is 1.74 bits per heavy atom. The number of carbonyl (C=O) groups excluding carboxylic acids is 1. The molecular formula is C17H32N4OS. The van der Waals surface area contributed by atoms with Crippen LogP contribution in [0.5, 0.6) is 0 Å². The Balaban J connectivity index is 1.94. The number of carbonyl (C=O) groups is 1. The Hall–Kier alpha value is -0.910. The van der Waals surface area contributed by atoms with E-state index in [0.29, 0.717) is 12.1 Å². The molecule has 0 bridgehead atoms. The summed E-state index contributed by atoms with van der Waals surface area (Å²) in [5, 5.41) is 7.90. The summed E-state index contributed by atoms with van der Waals surface area (Å²) in [5.41, 5.74) is 0. The third-order valence-corrected chi connectivity index (χ3v) is 5.96. The zero-order valence-electron chi connectivity index (χ0n) is 14.8. The fourth-order valence-corrected chi connectivity index (χ4v) is 4.20. The minimum Gasteiger partial charge on any atom is -0.354 e. The third kappa shape index (κ3) is 6.24. The summed E-state index contributed by atoms with van der Waals surface area (Å²) in [4.78, 5) is 18.0. The minimum atomic E-state index is 0.0446. The van der Waals surface area contributed by atoms with Crippen LogP contribution in [0.4, 0.5) is 0 Å². The smallest absolute Gasteiger partial charge is 0.243 e. The first-order chi connectivity index (χ1) is 11.1. The van der Waals surface area contributed by atoms with E-state index in [1.165, 1.54) is 51.4 Å². The van der Waals surface area contributed by atoms with Crippen LogP contribution in [0.3, 0.4) is 0 Å². The van der Waals surface area contributed by atoms with Crippen LogP contribution in [-0.4, -0.2) is 61.0 Å². The van der Waals surface area contributed by atoms with Gasteiger partial charge in [-0.15, -0.1) is 0 Å². The van der Waals surface area contributed by atoms with Gasteiger partial charge < -0.3 is 15.5 Å². The maximum absolute atomic E-state index is 11.8. The molecule has 2 N–H and O–H groups in total. The maximum Gasteiger partial charge on any atom is 0.243 e. The topological polar surface area (TPSA) is 56.7 Å². The van der Waals surface area contributed by atoms with Crippen molar-refractivity contribution in [2.24, 2.45) is 4.99 Å². The van der Waals surface area contributed by atoms with Crippen molar-refractivity contribution in [3.8, 4) is 0 Å². The molecule has 2 atom stereocenters. The van der Waals surface area contributed by atoms with Crippen molar-refractivity contribution in [2.45, 2.75) is 68.7 Å². The number of amides is 1. The lowest BCUT2D eigenvalue weighted by molar-refractivity contribution is -0.127. The highest BCUT2D eigenvalue weighted by Gasteiger charge is 2.23. The van der Waals surface area contributed by atoms with Gasteiger partial charge in [-0.05, 0) is 38.4 Å². The average molecular weight is 341 g/mol. The molecule has 0 saturated heterocycles. The molecule has 2 unspecified atom stereocenters. The van der Waals surface area contributed by atoms with Crippen LogP contribution >= 0.6 is 11.8 Å². The van der Waals surface area contributed by atoms with Crippen LogP contribution in [-0.2, 0) is 4.79 Å². The molecule has 0 aliphatic heterocycles. The Morgan fingerprint density at radius 1 is 1.09 bits per heavy atom. The highest BCUT2D eigenvalue weighted by atomic mass is 32.2. The molecule has 0 aromatic heterocycles. The van der Waals surface area contributed by atoms with E-state index in [-0.39, 0.29) is 12.5 Å². The van der Waals surface area contributed by atoms with E-state index in [1.54, 1.807) is 19.0 Å². The van der Waals surface area contributed by atoms with Crippen LogP contribution < -0.4 is 10.6 Å². The molecule has 0 aromatic rings. The average Bonchev–Trinajstić information content (AvgIpc) is 3.05. The van der Waals surface area contributed by atoms with E-state index in [4.69, 9.17) is 0 Å². The highest BCUT2D eigenvalue weighted by molar-refractivity contribution is 7.99. The largest absolute Gasteiger partial charge is 0.354 e. The van der Waals surface area contributed by atoms with Gasteiger partial charge in [-0.3, -0.25) is 4.79 Å². The summed E-state index contributed by atoms with van der Waals surface area (Å²) >= 11 is 1.97. The molecule has 0 heterocycles. The van der Waals surface area contributed by atoms with Crippen LogP contribution in [0.15, 0.2) is 4.99 Å². The SMILES string of the molecule is CSC1CCCC(NC(=NCC(=O)N(C)C)NC2CCCC2)C1. The van der Waals surface area contributed by atoms with Crippen molar-refractivity contribution in [1.29, 1.82) is 0 Å². The fourth-order valence-electron chi connectivity index (χ4n) is 3.37. The van der Waals surface area contributed by atoms with Crippen LogP contribution in [0.25, 0.3) is 0 Å². The van der Waals surface area contributed by atoms with Gasteiger partial charge in [0.05, 0.1) is 0 Å². The zero-order valence-corrected chi connectivity index (χ0v) is 15.6. The molecule has 132 valence electrons. The predicted octanol–water partition coefficient (Wildman–Crippen LogP) is 2.23. The van der Waals surface area contributed by atoms with Gasteiger partial charge >= 0.3 is 0 Å². The van der Waals surface area contributed by atoms with Gasteiger partial charge in [-0.1, -0.05) is 19.3 Å². The number of thioether (sulfide) groups is 1. The Bertz CT molecular complexity index is 407. The Kier molecular flexibility index (Phi) is 7.53. The lowest BCUT2D eigenvalue weighted by atomic mass is 9.95. The minimum absolute atomic E-state index is 0.0446. The van der Waals surface area contributed by atoms with E-state index in [9.17, 15) is 4.79 Å². The molecule has 2 fully saturated rings. The molecule has 2 saturated carbocycles. The van der Waals surface area contributed by atoms with E-state index in [2.05, 4.69) is 21.9 Å².